The zero-order valence-corrected chi connectivity index (χ0v) is 11.4. The first kappa shape index (κ1) is 16.3. The largest absolute Gasteiger partial charge is 0.419 e. The third-order valence-corrected chi connectivity index (χ3v) is 3.29. The van der Waals surface area contributed by atoms with Crippen LogP contribution in [-0.4, -0.2) is 35.1 Å². The minimum atomic E-state index is -4.37. The molecule has 3 rings (SSSR count). The molecule has 19 heavy (non-hydrogen) atoms. The number of fused-ring (bicyclic) bond motifs is 2. The van der Waals surface area contributed by atoms with Gasteiger partial charge < -0.3 is 10.2 Å². The van der Waals surface area contributed by atoms with E-state index in [-0.39, 0.29) is 24.8 Å². The number of nitrogens with one attached hydrogen (secondary N) is 1. The van der Waals surface area contributed by atoms with Crippen LogP contribution in [-0.2, 0) is 6.18 Å². The maximum atomic E-state index is 12.3. The van der Waals surface area contributed by atoms with Crippen LogP contribution in [0.1, 0.15) is 12.0 Å². The summed E-state index contributed by atoms with van der Waals surface area (Å²) in [7, 11) is 0. The SMILES string of the molecule is Cl.Cl.FC(F)(F)c1cnc(N2C3CNCC2C3)nc1. The molecule has 2 aliphatic rings. The molecule has 9 heteroatoms. The molecule has 2 atom stereocenters. The van der Waals surface area contributed by atoms with Crippen molar-refractivity contribution in [3.05, 3.63) is 18.0 Å². The van der Waals surface area contributed by atoms with Crippen molar-refractivity contribution in [1.29, 1.82) is 0 Å². The Kier molecular flexibility index (Phi) is 4.86. The van der Waals surface area contributed by atoms with Crippen molar-refractivity contribution in [2.24, 2.45) is 0 Å². The molecule has 0 aliphatic carbocycles. The highest BCUT2D eigenvalue weighted by molar-refractivity contribution is 5.85. The molecule has 2 aliphatic heterocycles. The van der Waals surface area contributed by atoms with E-state index in [2.05, 4.69) is 15.3 Å². The van der Waals surface area contributed by atoms with Crippen LogP contribution < -0.4 is 10.2 Å². The zero-order chi connectivity index (χ0) is 12.0. The summed E-state index contributed by atoms with van der Waals surface area (Å²) in [6.07, 6.45) is -1.60. The Bertz CT molecular complexity index is 412. The molecule has 1 N–H and O–H groups in total. The molecular weight excluding hydrogens is 304 g/mol. The number of alkyl halides is 3. The number of nitrogens with zero attached hydrogens (tertiary/aromatic N) is 3. The molecule has 1 aromatic heterocycles. The van der Waals surface area contributed by atoms with Gasteiger partial charge in [0.2, 0.25) is 5.95 Å². The molecular formula is C10H13Cl2F3N4. The summed E-state index contributed by atoms with van der Waals surface area (Å²) in [6, 6.07) is 0.649. The Balaban J connectivity index is 0.000000902. The third-order valence-electron chi connectivity index (χ3n) is 3.29. The molecule has 3 heterocycles. The lowest BCUT2D eigenvalue weighted by atomic mass is 9.89. The lowest BCUT2D eigenvalue weighted by molar-refractivity contribution is -0.138. The molecule has 0 spiro atoms. The van der Waals surface area contributed by atoms with Gasteiger partial charge in [0.25, 0.3) is 0 Å². The molecule has 2 saturated heterocycles. The van der Waals surface area contributed by atoms with Gasteiger partial charge in [0.1, 0.15) is 0 Å². The number of piperidine rings is 1. The minimum Gasteiger partial charge on any atom is -0.332 e. The summed E-state index contributed by atoms with van der Waals surface area (Å²) in [4.78, 5) is 9.63. The third kappa shape index (κ3) is 2.88. The van der Waals surface area contributed by atoms with Crippen molar-refractivity contribution in [3.8, 4) is 0 Å². The average Bonchev–Trinajstić information content (AvgIpc) is 2.29. The van der Waals surface area contributed by atoms with Crippen LogP contribution in [0.5, 0.6) is 0 Å². The summed E-state index contributed by atoms with van der Waals surface area (Å²) >= 11 is 0. The van der Waals surface area contributed by atoms with Crippen molar-refractivity contribution >= 4 is 30.8 Å². The lowest BCUT2D eigenvalue weighted by Crippen LogP contribution is -2.68. The predicted octanol–water partition coefficient (Wildman–Crippen LogP) is 1.89. The summed E-state index contributed by atoms with van der Waals surface area (Å²) in [5.74, 6) is 0.403. The Hall–Kier alpha value is -0.790. The number of piperazine rings is 1. The van der Waals surface area contributed by atoms with E-state index in [0.29, 0.717) is 18.0 Å². The Morgan fingerprint density at radius 1 is 1.11 bits per heavy atom. The highest BCUT2D eigenvalue weighted by Crippen LogP contribution is 2.33. The number of anilines is 1. The second-order valence-electron chi connectivity index (χ2n) is 4.38. The van der Waals surface area contributed by atoms with Crippen LogP contribution in [0.4, 0.5) is 19.1 Å². The van der Waals surface area contributed by atoms with E-state index in [1.807, 2.05) is 4.90 Å². The fourth-order valence-electron chi connectivity index (χ4n) is 2.41. The average molecular weight is 317 g/mol. The van der Waals surface area contributed by atoms with Crippen LogP contribution in [0, 0.1) is 0 Å². The molecule has 0 radical (unpaired) electrons. The second kappa shape index (κ2) is 5.68. The number of halogens is 5. The Morgan fingerprint density at radius 3 is 2.05 bits per heavy atom. The highest BCUT2D eigenvalue weighted by Gasteiger charge is 2.43. The standard InChI is InChI=1S/C10H11F3N4.2ClH/c11-10(12,13)6-2-15-9(16-3-6)17-7-1-8(17)5-14-4-7;;/h2-3,7-8,14H,1,4-5H2;2*1H. The van der Waals surface area contributed by atoms with Gasteiger partial charge >= 0.3 is 6.18 Å². The van der Waals surface area contributed by atoms with Crippen LogP contribution >= 0.6 is 24.8 Å². The van der Waals surface area contributed by atoms with E-state index in [1.165, 1.54) is 0 Å². The topological polar surface area (TPSA) is 41.1 Å². The van der Waals surface area contributed by atoms with E-state index in [0.717, 1.165) is 31.9 Å². The Morgan fingerprint density at radius 2 is 1.63 bits per heavy atom. The molecule has 2 bridgehead atoms. The van der Waals surface area contributed by atoms with Gasteiger partial charge in [-0.15, -0.1) is 24.8 Å². The zero-order valence-electron chi connectivity index (χ0n) is 9.72. The van der Waals surface area contributed by atoms with Gasteiger partial charge in [0.05, 0.1) is 5.56 Å². The van der Waals surface area contributed by atoms with Gasteiger partial charge in [-0.1, -0.05) is 0 Å². The van der Waals surface area contributed by atoms with Gasteiger partial charge in [-0.05, 0) is 6.42 Å². The lowest BCUT2D eigenvalue weighted by Gasteiger charge is -2.53. The number of hydrogen-bond donors (Lipinski definition) is 1. The van der Waals surface area contributed by atoms with Crippen molar-refractivity contribution in [2.45, 2.75) is 24.7 Å². The first-order valence-corrected chi connectivity index (χ1v) is 5.44. The molecule has 108 valence electrons. The smallest absolute Gasteiger partial charge is 0.332 e. The molecule has 4 nitrogen and oxygen atoms in total. The predicted molar refractivity (Wildman–Crippen MR) is 69.1 cm³/mol. The van der Waals surface area contributed by atoms with E-state index < -0.39 is 11.7 Å². The molecule has 2 fully saturated rings. The first-order chi connectivity index (χ1) is 8.05. The van der Waals surface area contributed by atoms with Crippen molar-refractivity contribution in [3.63, 3.8) is 0 Å². The Labute approximate surface area is 120 Å². The summed E-state index contributed by atoms with van der Waals surface area (Å²) in [6.45, 7) is 1.70. The number of hydrogen-bond acceptors (Lipinski definition) is 4. The molecule has 2 unspecified atom stereocenters. The van der Waals surface area contributed by atoms with E-state index in [9.17, 15) is 13.2 Å². The van der Waals surface area contributed by atoms with Crippen LogP contribution in [0.15, 0.2) is 12.4 Å². The van der Waals surface area contributed by atoms with Gasteiger partial charge in [-0.25, -0.2) is 9.97 Å². The maximum Gasteiger partial charge on any atom is 0.419 e. The normalized spacial score (nSPS) is 24.9. The van der Waals surface area contributed by atoms with Gasteiger partial charge in [-0.3, -0.25) is 0 Å². The highest BCUT2D eigenvalue weighted by atomic mass is 35.5. The van der Waals surface area contributed by atoms with E-state index in [4.69, 9.17) is 0 Å². The van der Waals surface area contributed by atoms with Crippen LogP contribution in [0.3, 0.4) is 0 Å². The minimum absolute atomic E-state index is 0. The monoisotopic (exact) mass is 316 g/mol. The molecule has 0 aromatic carbocycles. The van der Waals surface area contributed by atoms with Gasteiger partial charge in [-0.2, -0.15) is 13.2 Å². The number of rotatable bonds is 1. The van der Waals surface area contributed by atoms with Crippen molar-refractivity contribution in [2.75, 3.05) is 18.0 Å². The van der Waals surface area contributed by atoms with Gasteiger partial charge in [0.15, 0.2) is 0 Å². The van der Waals surface area contributed by atoms with Crippen LogP contribution in [0.25, 0.3) is 0 Å². The molecule has 0 amide bonds. The maximum absolute atomic E-state index is 12.3. The van der Waals surface area contributed by atoms with Crippen LogP contribution in [0.2, 0.25) is 0 Å². The summed E-state index contributed by atoms with van der Waals surface area (Å²) < 4.78 is 37.0. The molecule has 1 aromatic rings. The quantitative estimate of drug-likeness (QED) is 0.859. The fourth-order valence-corrected chi connectivity index (χ4v) is 2.41. The molecule has 0 saturated carbocycles. The first-order valence-electron chi connectivity index (χ1n) is 5.44. The van der Waals surface area contributed by atoms with Crippen molar-refractivity contribution < 1.29 is 13.2 Å². The van der Waals surface area contributed by atoms with Crippen molar-refractivity contribution in [1.82, 2.24) is 15.3 Å². The van der Waals surface area contributed by atoms with Gasteiger partial charge in [0, 0.05) is 37.6 Å². The second-order valence-corrected chi connectivity index (χ2v) is 4.38. The number of aromatic nitrogens is 2. The van der Waals surface area contributed by atoms with E-state index in [1.54, 1.807) is 0 Å². The van der Waals surface area contributed by atoms with E-state index >= 15 is 0 Å². The summed E-state index contributed by atoms with van der Waals surface area (Å²) in [5, 5.41) is 3.24. The summed E-state index contributed by atoms with van der Waals surface area (Å²) in [5.41, 5.74) is -0.801. The fraction of sp³-hybridized carbons (Fsp3) is 0.600.